The highest BCUT2D eigenvalue weighted by Gasteiger charge is 2.00. The number of aromatic nitrogens is 2. The van der Waals surface area contributed by atoms with Crippen LogP contribution in [-0.4, -0.2) is 9.78 Å². The standard InChI is InChI=1S/C5H8BrN3.ClH/c1-9-5(6)4(2-7)3-8-9;/h3H,2,7H2,1H3;1H. The third-order valence-corrected chi connectivity index (χ3v) is 2.18. The number of aryl methyl sites for hydroxylation is 1. The molecule has 0 unspecified atom stereocenters. The van der Waals surface area contributed by atoms with Crippen molar-refractivity contribution in [1.82, 2.24) is 9.78 Å². The monoisotopic (exact) mass is 225 g/mol. The van der Waals surface area contributed by atoms with Crippen LogP contribution in [-0.2, 0) is 13.6 Å². The molecule has 5 heteroatoms. The van der Waals surface area contributed by atoms with Crippen LogP contribution < -0.4 is 5.73 Å². The molecule has 1 aromatic rings. The summed E-state index contributed by atoms with van der Waals surface area (Å²) in [7, 11) is 1.86. The van der Waals surface area contributed by atoms with Gasteiger partial charge in [0.05, 0.1) is 6.20 Å². The van der Waals surface area contributed by atoms with E-state index in [1.807, 2.05) is 7.05 Å². The van der Waals surface area contributed by atoms with Crippen LogP contribution in [0.4, 0.5) is 0 Å². The van der Waals surface area contributed by atoms with Crippen molar-refractivity contribution in [2.75, 3.05) is 0 Å². The summed E-state index contributed by atoms with van der Waals surface area (Å²) in [5, 5.41) is 3.98. The van der Waals surface area contributed by atoms with Crippen molar-refractivity contribution < 1.29 is 0 Å². The van der Waals surface area contributed by atoms with Crippen LogP contribution in [0.15, 0.2) is 10.8 Å². The first-order valence-corrected chi connectivity index (χ1v) is 3.41. The average molecular weight is 227 g/mol. The normalized spacial score (nSPS) is 9.10. The second kappa shape index (κ2) is 3.95. The first kappa shape index (κ1) is 9.94. The van der Waals surface area contributed by atoms with E-state index in [2.05, 4.69) is 21.0 Å². The van der Waals surface area contributed by atoms with Gasteiger partial charge in [-0.3, -0.25) is 4.68 Å². The smallest absolute Gasteiger partial charge is 0.108 e. The predicted molar refractivity (Wildman–Crippen MR) is 46.0 cm³/mol. The van der Waals surface area contributed by atoms with E-state index in [9.17, 15) is 0 Å². The van der Waals surface area contributed by atoms with Gasteiger partial charge in [0, 0.05) is 19.2 Å². The molecule has 1 heterocycles. The lowest BCUT2D eigenvalue weighted by Gasteiger charge is -1.91. The topological polar surface area (TPSA) is 43.8 Å². The van der Waals surface area contributed by atoms with E-state index in [0.717, 1.165) is 10.2 Å². The van der Waals surface area contributed by atoms with Crippen LogP contribution >= 0.6 is 28.3 Å². The van der Waals surface area contributed by atoms with E-state index in [4.69, 9.17) is 5.73 Å². The third kappa shape index (κ3) is 1.71. The third-order valence-electron chi connectivity index (χ3n) is 1.16. The van der Waals surface area contributed by atoms with E-state index < -0.39 is 0 Å². The molecule has 2 N–H and O–H groups in total. The van der Waals surface area contributed by atoms with Crippen molar-refractivity contribution in [1.29, 1.82) is 0 Å². The molecule has 0 bridgehead atoms. The minimum Gasteiger partial charge on any atom is -0.326 e. The Kier molecular flexibility index (Phi) is 3.93. The highest BCUT2D eigenvalue weighted by molar-refractivity contribution is 9.10. The molecule has 58 valence electrons. The number of hydrogen-bond donors (Lipinski definition) is 1. The van der Waals surface area contributed by atoms with Crippen molar-refractivity contribution >= 4 is 28.3 Å². The Balaban J connectivity index is 0.000000810. The highest BCUT2D eigenvalue weighted by atomic mass is 79.9. The summed E-state index contributed by atoms with van der Waals surface area (Å²) in [6, 6.07) is 0. The molecule has 0 atom stereocenters. The molecule has 0 amide bonds. The van der Waals surface area contributed by atoms with E-state index in [1.54, 1.807) is 10.9 Å². The Morgan fingerprint density at radius 2 is 2.40 bits per heavy atom. The predicted octanol–water partition coefficient (Wildman–Crippen LogP) is 1.06. The van der Waals surface area contributed by atoms with Crippen LogP contribution in [0.25, 0.3) is 0 Å². The molecular formula is C5H9BrClN3. The number of halogens is 2. The minimum absolute atomic E-state index is 0. The Hall–Kier alpha value is -0.0600. The highest BCUT2D eigenvalue weighted by Crippen LogP contribution is 2.13. The van der Waals surface area contributed by atoms with Gasteiger partial charge in [-0.1, -0.05) is 0 Å². The van der Waals surface area contributed by atoms with E-state index in [0.29, 0.717) is 6.54 Å². The van der Waals surface area contributed by atoms with E-state index in [1.165, 1.54) is 0 Å². The van der Waals surface area contributed by atoms with Gasteiger partial charge in [0.25, 0.3) is 0 Å². The van der Waals surface area contributed by atoms with Crippen LogP contribution in [0.5, 0.6) is 0 Å². The van der Waals surface area contributed by atoms with E-state index >= 15 is 0 Å². The van der Waals surface area contributed by atoms with Crippen molar-refractivity contribution in [3.8, 4) is 0 Å². The molecule has 0 aliphatic rings. The summed E-state index contributed by atoms with van der Waals surface area (Å²) < 4.78 is 2.70. The number of rotatable bonds is 1. The molecule has 0 aromatic carbocycles. The van der Waals surface area contributed by atoms with Crippen LogP contribution in [0, 0.1) is 0 Å². The molecule has 0 fully saturated rings. The van der Waals surface area contributed by atoms with Gasteiger partial charge in [0.2, 0.25) is 0 Å². The van der Waals surface area contributed by atoms with Gasteiger partial charge in [-0.05, 0) is 15.9 Å². The van der Waals surface area contributed by atoms with Crippen LogP contribution in [0.1, 0.15) is 5.56 Å². The zero-order valence-corrected chi connectivity index (χ0v) is 7.94. The van der Waals surface area contributed by atoms with Crippen molar-refractivity contribution in [2.45, 2.75) is 6.54 Å². The fourth-order valence-corrected chi connectivity index (χ4v) is 0.961. The Morgan fingerprint density at radius 3 is 2.60 bits per heavy atom. The summed E-state index contributed by atoms with van der Waals surface area (Å²) >= 11 is 3.33. The van der Waals surface area contributed by atoms with Crippen molar-refractivity contribution in [3.05, 3.63) is 16.4 Å². The molecule has 0 saturated carbocycles. The fourth-order valence-electron chi connectivity index (χ4n) is 0.605. The van der Waals surface area contributed by atoms with Gasteiger partial charge in [0.15, 0.2) is 0 Å². The van der Waals surface area contributed by atoms with Gasteiger partial charge in [-0.15, -0.1) is 12.4 Å². The summed E-state index contributed by atoms with van der Waals surface area (Å²) in [4.78, 5) is 0. The summed E-state index contributed by atoms with van der Waals surface area (Å²) in [6.07, 6.45) is 1.75. The van der Waals surface area contributed by atoms with Crippen molar-refractivity contribution in [3.63, 3.8) is 0 Å². The Morgan fingerprint density at radius 1 is 1.80 bits per heavy atom. The maximum Gasteiger partial charge on any atom is 0.108 e. The average Bonchev–Trinajstić information content (AvgIpc) is 2.15. The zero-order chi connectivity index (χ0) is 6.85. The van der Waals surface area contributed by atoms with Crippen LogP contribution in [0.3, 0.4) is 0 Å². The molecule has 0 aliphatic carbocycles. The maximum atomic E-state index is 5.38. The maximum absolute atomic E-state index is 5.38. The quantitative estimate of drug-likeness (QED) is 0.778. The molecule has 10 heavy (non-hydrogen) atoms. The Bertz CT molecular complexity index is 211. The lowest BCUT2D eigenvalue weighted by atomic mass is 10.4. The molecule has 0 radical (unpaired) electrons. The largest absolute Gasteiger partial charge is 0.326 e. The minimum atomic E-state index is 0. The Labute approximate surface area is 74.1 Å². The second-order valence-corrected chi connectivity index (χ2v) is 2.54. The zero-order valence-electron chi connectivity index (χ0n) is 5.54. The lowest BCUT2D eigenvalue weighted by Crippen LogP contribution is -1.96. The molecule has 0 aliphatic heterocycles. The number of nitrogens with zero attached hydrogens (tertiary/aromatic N) is 2. The molecule has 1 rings (SSSR count). The lowest BCUT2D eigenvalue weighted by molar-refractivity contribution is 0.748. The number of nitrogens with two attached hydrogens (primary N) is 1. The van der Waals surface area contributed by atoms with E-state index in [-0.39, 0.29) is 12.4 Å². The van der Waals surface area contributed by atoms with Gasteiger partial charge in [-0.25, -0.2) is 0 Å². The van der Waals surface area contributed by atoms with Gasteiger partial charge < -0.3 is 5.73 Å². The number of hydrogen-bond acceptors (Lipinski definition) is 2. The summed E-state index contributed by atoms with van der Waals surface area (Å²) in [5.74, 6) is 0. The molecular weight excluding hydrogens is 217 g/mol. The second-order valence-electron chi connectivity index (χ2n) is 1.79. The first-order chi connectivity index (χ1) is 4.25. The summed E-state index contributed by atoms with van der Waals surface area (Å²) in [6.45, 7) is 0.536. The molecule has 0 spiro atoms. The molecule has 1 aromatic heterocycles. The fraction of sp³-hybridized carbons (Fsp3) is 0.400. The summed E-state index contributed by atoms with van der Waals surface area (Å²) in [5.41, 5.74) is 6.42. The van der Waals surface area contributed by atoms with Gasteiger partial charge >= 0.3 is 0 Å². The van der Waals surface area contributed by atoms with Gasteiger partial charge in [-0.2, -0.15) is 5.10 Å². The molecule has 3 nitrogen and oxygen atoms in total. The van der Waals surface area contributed by atoms with Crippen molar-refractivity contribution in [2.24, 2.45) is 12.8 Å². The van der Waals surface area contributed by atoms with Gasteiger partial charge in [0.1, 0.15) is 4.60 Å². The SMILES string of the molecule is Cl.Cn1ncc(CN)c1Br. The first-order valence-electron chi connectivity index (χ1n) is 2.62. The molecule has 0 saturated heterocycles. The van der Waals surface area contributed by atoms with Crippen LogP contribution in [0.2, 0.25) is 0 Å².